The Kier molecular flexibility index (Phi) is 3.39. The lowest BCUT2D eigenvalue weighted by Gasteiger charge is -2.15. The second-order valence-corrected chi connectivity index (χ2v) is 4.50. The van der Waals surface area contributed by atoms with Crippen LogP contribution in [0.15, 0.2) is 18.2 Å². The quantitative estimate of drug-likeness (QED) is 0.608. The summed E-state index contributed by atoms with van der Waals surface area (Å²) in [5.41, 5.74) is -1.06. The van der Waals surface area contributed by atoms with Crippen molar-refractivity contribution < 1.29 is 19.6 Å². The van der Waals surface area contributed by atoms with Crippen LogP contribution in [0.5, 0.6) is 5.75 Å². The van der Waals surface area contributed by atoms with Crippen LogP contribution in [-0.4, -0.2) is 35.2 Å². The Morgan fingerprint density at radius 3 is 2.74 bits per heavy atom. The monoisotopic (exact) mass is 266 g/mol. The van der Waals surface area contributed by atoms with E-state index < -0.39 is 16.4 Å². The number of rotatable bonds is 5. The lowest BCUT2D eigenvalue weighted by molar-refractivity contribution is -0.385. The zero-order valence-corrected chi connectivity index (χ0v) is 10.4. The summed E-state index contributed by atoms with van der Waals surface area (Å²) in [7, 11) is 1.34. The van der Waals surface area contributed by atoms with E-state index in [2.05, 4.69) is 5.32 Å². The number of carbonyl (C=O) groups is 1. The molecule has 1 saturated carbocycles. The number of nitrogens with one attached hydrogen (secondary N) is 1. The average molecular weight is 266 g/mol. The molecule has 0 heterocycles. The zero-order valence-electron chi connectivity index (χ0n) is 10.4. The van der Waals surface area contributed by atoms with E-state index in [0.717, 1.165) is 0 Å². The van der Waals surface area contributed by atoms with Gasteiger partial charge in [0.15, 0.2) is 5.56 Å². The fourth-order valence-electron chi connectivity index (χ4n) is 1.85. The van der Waals surface area contributed by atoms with Crippen molar-refractivity contribution in [2.24, 2.45) is 0 Å². The van der Waals surface area contributed by atoms with Gasteiger partial charge < -0.3 is 15.2 Å². The first-order valence-corrected chi connectivity index (χ1v) is 5.78. The molecule has 19 heavy (non-hydrogen) atoms. The second kappa shape index (κ2) is 4.85. The van der Waals surface area contributed by atoms with Crippen molar-refractivity contribution in [3.05, 3.63) is 33.9 Å². The van der Waals surface area contributed by atoms with E-state index in [1.807, 2.05) is 0 Å². The Labute approximate surface area is 109 Å². The number of ether oxygens (including phenoxy) is 1. The Morgan fingerprint density at radius 2 is 2.26 bits per heavy atom. The molecule has 0 saturated heterocycles. The number of nitrogens with zero attached hydrogens (tertiary/aromatic N) is 1. The maximum absolute atomic E-state index is 12.2. The van der Waals surface area contributed by atoms with Gasteiger partial charge in [0, 0.05) is 6.07 Å². The molecule has 7 nitrogen and oxygen atoms in total. The summed E-state index contributed by atoms with van der Waals surface area (Å²) >= 11 is 0. The Bertz CT molecular complexity index is 525. The van der Waals surface area contributed by atoms with Crippen LogP contribution in [0.4, 0.5) is 5.69 Å². The fourth-order valence-corrected chi connectivity index (χ4v) is 1.85. The third-order valence-electron chi connectivity index (χ3n) is 3.18. The highest BCUT2D eigenvalue weighted by Crippen LogP contribution is 2.36. The fraction of sp³-hybridized carbons (Fsp3) is 0.417. The van der Waals surface area contributed by atoms with Gasteiger partial charge in [-0.1, -0.05) is 6.07 Å². The molecule has 0 aromatic heterocycles. The number of hydrogen-bond acceptors (Lipinski definition) is 5. The number of aliphatic hydroxyl groups is 1. The predicted molar refractivity (Wildman–Crippen MR) is 66.2 cm³/mol. The van der Waals surface area contributed by atoms with E-state index in [0.29, 0.717) is 12.8 Å². The zero-order chi connectivity index (χ0) is 14.0. The number of amides is 1. The van der Waals surface area contributed by atoms with E-state index in [1.54, 1.807) is 0 Å². The molecule has 0 radical (unpaired) electrons. The van der Waals surface area contributed by atoms with Gasteiger partial charge in [-0.3, -0.25) is 14.9 Å². The molecular weight excluding hydrogens is 252 g/mol. The predicted octanol–water partition coefficient (Wildman–Crippen LogP) is 0.858. The lowest BCUT2D eigenvalue weighted by atomic mass is 10.1. The smallest absolute Gasteiger partial charge is 0.285 e. The van der Waals surface area contributed by atoms with Crippen molar-refractivity contribution in [3.63, 3.8) is 0 Å². The number of nitro groups is 1. The maximum Gasteiger partial charge on any atom is 0.285 e. The molecule has 1 amide bonds. The topological polar surface area (TPSA) is 102 Å². The van der Waals surface area contributed by atoms with Crippen LogP contribution in [-0.2, 0) is 0 Å². The van der Waals surface area contributed by atoms with Crippen molar-refractivity contribution in [1.29, 1.82) is 0 Å². The summed E-state index contributed by atoms with van der Waals surface area (Å²) < 4.78 is 5.00. The van der Waals surface area contributed by atoms with Gasteiger partial charge in [0.1, 0.15) is 5.75 Å². The molecule has 0 atom stereocenters. The van der Waals surface area contributed by atoms with Crippen LogP contribution < -0.4 is 10.1 Å². The van der Waals surface area contributed by atoms with Crippen molar-refractivity contribution in [2.75, 3.05) is 13.7 Å². The molecule has 2 N–H and O–H groups in total. The van der Waals surface area contributed by atoms with Crippen LogP contribution in [0.3, 0.4) is 0 Å². The number of methoxy groups -OCH3 is 1. The highest BCUT2D eigenvalue weighted by Gasteiger charge is 2.44. The summed E-state index contributed by atoms with van der Waals surface area (Å²) in [5, 5.41) is 22.8. The molecule has 0 spiro atoms. The van der Waals surface area contributed by atoms with E-state index in [9.17, 15) is 20.0 Å². The Hall–Kier alpha value is -2.15. The van der Waals surface area contributed by atoms with Crippen LogP contribution in [0, 0.1) is 10.1 Å². The van der Waals surface area contributed by atoms with Crippen LogP contribution in [0.25, 0.3) is 0 Å². The summed E-state index contributed by atoms with van der Waals surface area (Å²) in [6.45, 7) is -0.179. The van der Waals surface area contributed by atoms with Gasteiger partial charge in [0.25, 0.3) is 11.6 Å². The van der Waals surface area contributed by atoms with Crippen molar-refractivity contribution in [2.45, 2.75) is 18.4 Å². The number of benzene rings is 1. The summed E-state index contributed by atoms with van der Waals surface area (Å²) in [4.78, 5) is 22.5. The average Bonchev–Trinajstić information content (AvgIpc) is 3.17. The molecule has 1 aromatic carbocycles. The van der Waals surface area contributed by atoms with Gasteiger partial charge in [0.2, 0.25) is 0 Å². The highest BCUT2D eigenvalue weighted by atomic mass is 16.6. The van der Waals surface area contributed by atoms with E-state index in [-0.39, 0.29) is 23.6 Å². The van der Waals surface area contributed by atoms with Crippen molar-refractivity contribution in [3.8, 4) is 5.75 Å². The summed E-state index contributed by atoms with van der Waals surface area (Å²) in [6.07, 6.45) is 1.33. The largest absolute Gasteiger partial charge is 0.496 e. The van der Waals surface area contributed by atoms with Crippen LogP contribution in [0.1, 0.15) is 23.2 Å². The van der Waals surface area contributed by atoms with Gasteiger partial charge in [-0.25, -0.2) is 0 Å². The van der Waals surface area contributed by atoms with Gasteiger partial charge in [-0.2, -0.15) is 0 Å². The van der Waals surface area contributed by atoms with Crippen LogP contribution >= 0.6 is 0 Å². The third-order valence-corrected chi connectivity index (χ3v) is 3.18. The molecule has 0 bridgehead atoms. The highest BCUT2D eigenvalue weighted by molar-refractivity contribution is 6.01. The van der Waals surface area contributed by atoms with Crippen LogP contribution in [0.2, 0.25) is 0 Å². The lowest BCUT2D eigenvalue weighted by Crippen LogP contribution is -2.40. The molecular formula is C12H14N2O5. The number of aliphatic hydroxyl groups excluding tert-OH is 1. The van der Waals surface area contributed by atoms with Gasteiger partial charge in [-0.05, 0) is 18.9 Å². The standard InChI is InChI=1S/C12H14N2O5/c1-19-9-4-2-3-8(14(17)18)10(9)11(16)13-12(7-15)5-6-12/h2-4,15H,5-7H2,1H3,(H,13,16). The number of hydrogen-bond donors (Lipinski definition) is 2. The van der Waals surface area contributed by atoms with E-state index in [4.69, 9.17) is 4.74 Å². The maximum atomic E-state index is 12.2. The minimum absolute atomic E-state index is 0.116. The molecule has 1 aliphatic rings. The van der Waals surface area contributed by atoms with Gasteiger partial charge >= 0.3 is 0 Å². The first-order valence-electron chi connectivity index (χ1n) is 5.78. The minimum atomic E-state index is -0.633. The molecule has 0 aliphatic heterocycles. The Morgan fingerprint density at radius 1 is 1.58 bits per heavy atom. The normalized spacial score (nSPS) is 15.7. The van der Waals surface area contributed by atoms with Crippen molar-refractivity contribution >= 4 is 11.6 Å². The first-order chi connectivity index (χ1) is 9.03. The summed E-state index contributed by atoms with van der Waals surface area (Å²) in [6, 6.07) is 4.18. The molecule has 2 rings (SSSR count). The molecule has 102 valence electrons. The molecule has 7 heteroatoms. The van der Waals surface area contributed by atoms with E-state index >= 15 is 0 Å². The number of carbonyl (C=O) groups excluding carboxylic acids is 1. The van der Waals surface area contributed by atoms with Crippen molar-refractivity contribution in [1.82, 2.24) is 5.32 Å². The Balaban J connectivity index is 2.36. The molecule has 1 aliphatic carbocycles. The second-order valence-electron chi connectivity index (χ2n) is 4.50. The summed E-state index contributed by atoms with van der Waals surface area (Å²) in [5.74, 6) is -0.462. The SMILES string of the molecule is COc1cccc([N+](=O)[O-])c1C(=O)NC1(CO)CC1. The van der Waals surface area contributed by atoms with E-state index in [1.165, 1.54) is 25.3 Å². The van der Waals surface area contributed by atoms with Gasteiger partial charge in [-0.15, -0.1) is 0 Å². The molecule has 0 unspecified atom stereocenters. The number of nitro benzene ring substituents is 1. The van der Waals surface area contributed by atoms with Gasteiger partial charge in [0.05, 0.1) is 24.2 Å². The first kappa shape index (κ1) is 13.3. The third kappa shape index (κ3) is 2.50. The molecule has 1 aromatic rings. The minimum Gasteiger partial charge on any atom is -0.496 e. The molecule has 1 fully saturated rings.